The Bertz CT molecular complexity index is 1230. The second-order valence-electron chi connectivity index (χ2n) is 7.55. The molecule has 1 aromatic heterocycles. The van der Waals surface area contributed by atoms with E-state index in [1.54, 1.807) is 24.3 Å². The van der Waals surface area contributed by atoms with Crippen molar-refractivity contribution in [2.75, 3.05) is 11.9 Å². The van der Waals surface area contributed by atoms with E-state index < -0.39 is 0 Å². The molecule has 0 saturated heterocycles. The number of nitrogens with zero attached hydrogens (tertiary/aromatic N) is 1. The Morgan fingerprint density at radius 3 is 2.50 bits per heavy atom. The highest BCUT2D eigenvalue weighted by molar-refractivity contribution is 6.38. The number of carbonyl (C=O) groups excluding carboxylic acids is 1. The van der Waals surface area contributed by atoms with Crippen molar-refractivity contribution >= 4 is 45.9 Å². The molecule has 0 spiro atoms. The molecule has 4 rings (SSSR count). The minimum absolute atomic E-state index is 0.0746. The average Bonchev–Trinajstić information content (AvgIpc) is 3.22. The Kier molecular flexibility index (Phi) is 6.68. The summed E-state index contributed by atoms with van der Waals surface area (Å²) in [6.07, 6.45) is 1.08. The van der Waals surface area contributed by atoms with Gasteiger partial charge in [-0.15, -0.1) is 0 Å². The summed E-state index contributed by atoms with van der Waals surface area (Å²) in [5.41, 5.74) is 3.73. The summed E-state index contributed by atoms with van der Waals surface area (Å²) in [5, 5.41) is 3.72. The Balaban J connectivity index is 1.36. The number of benzene rings is 3. The van der Waals surface area contributed by atoms with Crippen LogP contribution in [0.3, 0.4) is 0 Å². The summed E-state index contributed by atoms with van der Waals surface area (Å²) in [7, 11) is 0. The highest BCUT2D eigenvalue weighted by Gasteiger charge is 2.13. The topological polar surface area (TPSA) is 64.4 Å². The van der Waals surface area contributed by atoms with Gasteiger partial charge in [0.15, 0.2) is 12.2 Å². The second kappa shape index (κ2) is 9.63. The van der Waals surface area contributed by atoms with E-state index in [2.05, 4.69) is 24.1 Å². The molecule has 0 radical (unpaired) electrons. The van der Waals surface area contributed by atoms with E-state index in [0.29, 0.717) is 44.4 Å². The van der Waals surface area contributed by atoms with Crippen LogP contribution in [-0.4, -0.2) is 17.5 Å². The Morgan fingerprint density at radius 1 is 1.09 bits per heavy atom. The molecule has 0 aliphatic heterocycles. The monoisotopic (exact) mass is 468 g/mol. The van der Waals surface area contributed by atoms with Gasteiger partial charge in [0.1, 0.15) is 11.3 Å². The molecule has 1 atom stereocenters. The number of halogens is 2. The van der Waals surface area contributed by atoms with Crippen LogP contribution in [0.5, 0.6) is 5.75 Å². The van der Waals surface area contributed by atoms with Gasteiger partial charge in [-0.05, 0) is 66.4 Å². The van der Waals surface area contributed by atoms with E-state index in [-0.39, 0.29) is 12.5 Å². The molecule has 164 valence electrons. The van der Waals surface area contributed by atoms with E-state index >= 15 is 0 Å². The van der Waals surface area contributed by atoms with Crippen LogP contribution in [-0.2, 0) is 4.79 Å². The molecule has 0 bridgehead atoms. The zero-order chi connectivity index (χ0) is 22.7. The first-order chi connectivity index (χ1) is 15.4. The van der Waals surface area contributed by atoms with Gasteiger partial charge >= 0.3 is 0 Å². The molecule has 5 nitrogen and oxygen atoms in total. The van der Waals surface area contributed by atoms with Crippen LogP contribution in [0.15, 0.2) is 65.1 Å². The molecule has 32 heavy (non-hydrogen) atoms. The largest absolute Gasteiger partial charge is 0.484 e. The number of hydrogen-bond donors (Lipinski definition) is 1. The van der Waals surface area contributed by atoms with Crippen molar-refractivity contribution in [3.05, 3.63) is 76.3 Å². The molecule has 4 aromatic rings. The van der Waals surface area contributed by atoms with Crippen molar-refractivity contribution in [3.63, 3.8) is 0 Å². The summed E-state index contributed by atoms with van der Waals surface area (Å²) in [4.78, 5) is 16.7. The lowest BCUT2D eigenvalue weighted by molar-refractivity contribution is -0.118. The summed E-state index contributed by atoms with van der Waals surface area (Å²) in [5.74, 6) is 1.34. The molecule has 7 heteroatoms. The highest BCUT2D eigenvalue weighted by Crippen LogP contribution is 2.32. The molecular weight excluding hydrogens is 447 g/mol. The molecule has 1 amide bonds. The van der Waals surface area contributed by atoms with Crippen LogP contribution in [0.25, 0.3) is 22.6 Å². The van der Waals surface area contributed by atoms with Gasteiger partial charge in [-0.2, -0.15) is 0 Å². The van der Waals surface area contributed by atoms with Gasteiger partial charge in [-0.1, -0.05) is 49.2 Å². The normalized spacial score (nSPS) is 12.0. The van der Waals surface area contributed by atoms with Crippen LogP contribution in [0, 0.1) is 0 Å². The summed E-state index contributed by atoms with van der Waals surface area (Å²) in [6.45, 7) is 4.27. The molecular formula is C25H22Cl2N2O3. The number of carbonyl (C=O) groups is 1. The lowest BCUT2D eigenvalue weighted by Gasteiger charge is -2.11. The van der Waals surface area contributed by atoms with Gasteiger partial charge in [-0.25, -0.2) is 4.98 Å². The van der Waals surface area contributed by atoms with Gasteiger partial charge < -0.3 is 14.5 Å². The van der Waals surface area contributed by atoms with Crippen molar-refractivity contribution in [1.29, 1.82) is 0 Å². The molecule has 0 saturated carbocycles. The van der Waals surface area contributed by atoms with Gasteiger partial charge in [0, 0.05) is 16.3 Å². The molecule has 1 heterocycles. The standard InChI is InChI=1S/C25H22Cl2N2O3/c1-3-15(2)16-6-10-20(11-7-16)31-14-23(30)28-19-8-4-17(5-9-19)25-29-22-13-18(26)12-21(27)24(22)32-25/h4-13,15H,3,14H2,1-2H3,(H,28,30)/t15-/m0/s1. The lowest BCUT2D eigenvalue weighted by Crippen LogP contribution is -2.20. The fourth-order valence-electron chi connectivity index (χ4n) is 3.25. The van der Waals surface area contributed by atoms with Gasteiger partial charge in [0.05, 0.1) is 5.02 Å². The molecule has 0 unspecified atom stereocenters. The van der Waals surface area contributed by atoms with E-state index in [9.17, 15) is 4.79 Å². The van der Waals surface area contributed by atoms with Crippen molar-refractivity contribution in [3.8, 4) is 17.2 Å². The van der Waals surface area contributed by atoms with Gasteiger partial charge in [-0.3, -0.25) is 4.79 Å². The highest BCUT2D eigenvalue weighted by atomic mass is 35.5. The predicted molar refractivity (Wildman–Crippen MR) is 129 cm³/mol. The smallest absolute Gasteiger partial charge is 0.262 e. The van der Waals surface area contributed by atoms with Crippen LogP contribution >= 0.6 is 23.2 Å². The lowest BCUT2D eigenvalue weighted by atomic mass is 9.99. The second-order valence-corrected chi connectivity index (χ2v) is 8.39. The van der Waals surface area contributed by atoms with Crippen LogP contribution in [0.2, 0.25) is 10.0 Å². The number of ether oxygens (including phenoxy) is 1. The SMILES string of the molecule is CC[C@H](C)c1ccc(OCC(=O)Nc2ccc(-c3nc4cc(Cl)cc(Cl)c4o3)cc2)cc1. The third-order valence-electron chi connectivity index (χ3n) is 5.26. The first kappa shape index (κ1) is 22.2. The summed E-state index contributed by atoms with van der Waals surface area (Å²) in [6, 6.07) is 18.3. The van der Waals surface area contributed by atoms with E-state index in [4.69, 9.17) is 32.4 Å². The van der Waals surface area contributed by atoms with Crippen LogP contribution in [0.1, 0.15) is 31.7 Å². The third-order valence-corrected chi connectivity index (χ3v) is 5.76. The summed E-state index contributed by atoms with van der Waals surface area (Å²) < 4.78 is 11.4. The Labute approximate surface area is 196 Å². The molecule has 0 fully saturated rings. The number of hydrogen-bond acceptors (Lipinski definition) is 4. The maximum atomic E-state index is 12.3. The number of anilines is 1. The number of fused-ring (bicyclic) bond motifs is 1. The molecule has 1 N–H and O–H groups in total. The van der Waals surface area contributed by atoms with Crippen molar-refractivity contribution in [1.82, 2.24) is 4.98 Å². The average molecular weight is 469 g/mol. The maximum absolute atomic E-state index is 12.3. The quantitative estimate of drug-likeness (QED) is 0.308. The first-order valence-corrected chi connectivity index (χ1v) is 11.1. The van der Waals surface area contributed by atoms with E-state index in [0.717, 1.165) is 12.0 Å². The Hall–Kier alpha value is -3.02. The maximum Gasteiger partial charge on any atom is 0.262 e. The number of oxazole rings is 1. The molecule has 0 aliphatic rings. The zero-order valence-corrected chi connectivity index (χ0v) is 19.2. The van der Waals surface area contributed by atoms with Crippen molar-refractivity contribution in [2.45, 2.75) is 26.2 Å². The number of rotatable bonds is 7. The summed E-state index contributed by atoms with van der Waals surface area (Å²) >= 11 is 12.2. The van der Waals surface area contributed by atoms with Crippen molar-refractivity contribution < 1.29 is 13.9 Å². The number of aromatic nitrogens is 1. The number of nitrogens with one attached hydrogen (secondary N) is 1. The minimum Gasteiger partial charge on any atom is -0.484 e. The fraction of sp³-hybridized carbons (Fsp3) is 0.200. The fourth-order valence-corrected chi connectivity index (χ4v) is 3.77. The third kappa shape index (κ3) is 5.06. The van der Waals surface area contributed by atoms with Crippen LogP contribution < -0.4 is 10.1 Å². The van der Waals surface area contributed by atoms with Crippen molar-refractivity contribution in [2.24, 2.45) is 0 Å². The van der Waals surface area contributed by atoms with E-state index in [1.807, 2.05) is 36.4 Å². The predicted octanol–water partition coefficient (Wildman–Crippen LogP) is 7.33. The minimum atomic E-state index is -0.243. The molecule has 3 aromatic carbocycles. The molecule has 0 aliphatic carbocycles. The van der Waals surface area contributed by atoms with Gasteiger partial charge in [0.2, 0.25) is 5.89 Å². The van der Waals surface area contributed by atoms with Crippen LogP contribution in [0.4, 0.5) is 5.69 Å². The Morgan fingerprint density at radius 2 is 1.81 bits per heavy atom. The number of amides is 1. The first-order valence-electron chi connectivity index (χ1n) is 10.3. The van der Waals surface area contributed by atoms with Gasteiger partial charge in [0.25, 0.3) is 5.91 Å². The van der Waals surface area contributed by atoms with E-state index in [1.165, 1.54) is 5.56 Å². The zero-order valence-electron chi connectivity index (χ0n) is 17.7.